The van der Waals surface area contributed by atoms with Gasteiger partial charge >= 0.3 is 5.97 Å². The van der Waals surface area contributed by atoms with Gasteiger partial charge in [0.25, 0.3) is 11.6 Å². The van der Waals surface area contributed by atoms with Crippen LogP contribution in [0.1, 0.15) is 11.1 Å². The summed E-state index contributed by atoms with van der Waals surface area (Å²) < 4.78 is 5.27. The summed E-state index contributed by atoms with van der Waals surface area (Å²) in [4.78, 5) is 49.5. The minimum atomic E-state index is -0.806. The number of halogens is 1. The summed E-state index contributed by atoms with van der Waals surface area (Å²) in [5, 5.41) is 13.3. The first kappa shape index (κ1) is 22.8. The second-order valence-electron chi connectivity index (χ2n) is 7.37. The minimum absolute atomic E-state index is 0.0654. The first-order valence-electron chi connectivity index (χ1n) is 9.92. The number of hydrogen-bond donors (Lipinski definition) is 1. The molecule has 4 rings (SSSR count). The van der Waals surface area contributed by atoms with Gasteiger partial charge in [-0.05, 0) is 11.1 Å². The number of β-lactam (4-membered cyclic amide) rings is 1. The highest BCUT2D eigenvalue weighted by molar-refractivity contribution is 8.00. The smallest absolute Gasteiger partial charge is 0.356 e. The topological polar surface area (TPSA) is 119 Å². The van der Waals surface area contributed by atoms with E-state index in [0.29, 0.717) is 5.56 Å². The first-order chi connectivity index (χ1) is 15.8. The predicted molar refractivity (Wildman–Crippen MR) is 121 cm³/mol. The molecule has 2 aliphatic rings. The number of esters is 1. The fourth-order valence-electron chi connectivity index (χ4n) is 3.55. The standard InChI is InChI=1S/C22H18ClN3O6S/c23-16-12-33-21-18(24-17(27)10-13-5-2-1-3-6-13)20(28)25(21)19(16)22(29)32-11-14-7-4-8-15(9-14)26(30)31/h1-9,18,21H,10-12H2,(H,24,27)/t18-,21-/m1/s1. The van der Waals surface area contributed by atoms with Crippen LogP contribution in [0.3, 0.4) is 0 Å². The third-order valence-electron chi connectivity index (χ3n) is 5.13. The lowest BCUT2D eigenvalue weighted by molar-refractivity contribution is -0.384. The summed E-state index contributed by atoms with van der Waals surface area (Å²) in [6, 6.07) is 14.1. The quantitative estimate of drug-likeness (QED) is 0.276. The van der Waals surface area contributed by atoms with Crippen LogP contribution in [0.5, 0.6) is 0 Å². The SMILES string of the molecule is O=C(Cc1ccccc1)N[C@@H]1C(=O)N2C(C(=O)OCc3cccc([N+](=O)[O-])c3)=C(Cl)CS[C@H]12. The Bertz CT molecular complexity index is 1160. The van der Waals surface area contributed by atoms with Crippen LogP contribution < -0.4 is 5.32 Å². The summed E-state index contributed by atoms with van der Waals surface area (Å²) in [6.07, 6.45) is 0.136. The number of rotatable bonds is 7. The fraction of sp³-hybridized carbons (Fsp3) is 0.227. The molecule has 1 fully saturated rings. The van der Waals surface area contributed by atoms with Crippen LogP contribution in [0.2, 0.25) is 0 Å². The first-order valence-corrected chi connectivity index (χ1v) is 11.3. The predicted octanol–water partition coefficient (Wildman–Crippen LogP) is 2.73. The van der Waals surface area contributed by atoms with Crippen LogP contribution in [0.15, 0.2) is 65.3 Å². The Morgan fingerprint density at radius 1 is 1.18 bits per heavy atom. The number of nitro groups is 1. The zero-order chi connectivity index (χ0) is 23.5. The third kappa shape index (κ3) is 4.86. The highest BCUT2D eigenvalue weighted by atomic mass is 35.5. The normalized spacial score (nSPS) is 19.4. The van der Waals surface area contributed by atoms with E-state index in [1.54, 1.807) is 6.07 Å². The number of fused-ring (bicyclic) bond motifs is 1. The van der Waals surface area contributed by atoms with Gasteiger partial charge in [-0.2, -0.15) is 0 Å². The van der Waals surface area contributed by atoms with E-state index in [1.165, 1.54) is 34.9 Å². The molecule has 2 aliphatic heterocycles. The van der Waals surface area contributed by atoms with Gasteiger partial charge in [-0.1, -0.05) is 54.1 Å². The average Bonchev–Trinajstić information content (AvgIpc) is 2.81. The number of benzene rings is 2. The number of ether oxygens (including phenoxy) is 1. The van der Waals surface area contributed by atoms with Crippen molar-refractivity contribution in [1.29, 1.82) is 0 Å². The Balaban J connectivity index is 1.39. The summed E-state index contributed by atoms with van der Waals surface area (Å²) in [5.74, 6) is -1.27. The molecule has 0 spiro atoms. The van der Waals surface area contributed by atoms with Crippen molar-refractivity contribution in [1.82, 2.24) is 10.2 Å². The van der Waals surface area contributed by atoms with Crippen LogP contribution in [-0.4, -0.2) is 44.8 Å². The molecule has 2 heterocycles. The molecule has 0 unspecified atom stereocenters. The number of nitrogens with zero attached hydrogens (tertiary/aromatic N) is 2. The van der Waals surface area contributed by atoms with Crippen LogP contribution in [0, 0.1) is 10.1 Å². The molecule has 0 aromatic heterocycles. The second kappa shape index (κ2) is 9.63. The van der Waals surface area contributed by atoms with E-state index < -0.39 is 28.2 Å². The zero-order valence-electron chi connectivity index (χ0n) is 17.1. The minimum Gasteiger partial charge on any atom is -0.456 e. The Morgan fingerprint density at radius 2 is 1.91 bits per heavy atom. The maximum absolute atomic E-state index is 12.8. The Kier molecular flexibility index (Phi) is 6.66. The number of carbonyl (C=O) groups excluding carboxylic acids is 3. The van der Waals surface area contributed by atoms with Crippen LogP contribution in [0.4, 0.5) is 5.69 Å². The largest absolute Gasteiger partial charge is 0.456 e. The summed E-state index contributed by atoms with van der Waals surface area (Å²) >= 11 is 7.57. The van der Waals surface area contributed by atoms with E-state index in [4.69, 9.17) is 16.3 Å². The lowest BCUT2D eigenvalue weighted by Crippen LogP contribution is -2.70. The molecule has 2 amide bonds. The highest BCUT2D eigenvalue weighted by Crippen LogP contribution is 2.41. The van der Waals surface area contributed by atoms with Gasteiger partial charge in [0, 0.05) is 17.9 Å². The zero-order valence-corrected chi connectivity index (χ0v) is 18.7. The number of amides is 2. The maximum atomic E-state index is 12.8. The highest BCUT2D eigenvalue weighted by Gasteiger charge is 2.54. The van der Waals surface area contributed by atoms with E-state index >= 15 is 0 Å². The van der Waals surface area contributed by atoms with Crippen molar-refractivity contribution in [2.75, 3.05) is 5.75 Å². The van der Waals surface area contributed by atoms with Gasteiger partial charge in [-0.15, -0.1) is 11.8 Å². The van der Waals surface area contributed by atoms with Crippen molar-refractivity contribution in [3.63, 3.8) is 0 Å². The van der Waals surface area contributed by atoms with Gasteiger partial charge < -0.3 is 10.1 Å². The fourth-order valence-corrected chi connectivity index (χ4v) is 5.10. The average molecular weight is 488 g/mol. The molecule has 0 aliphatic carbocycles. The molecule has 0 bridgehead atoms. The Morgan fingerprint density at radius 3 is 2.64 bits per heavy atom. The van der Waals surface area contributed by atoms with E-state index in [-0.39, 0.29) is 41.1 Å². The lowest BCUT2D eigenvalue weighted by atomic mass is 10.0. The van der Waals surface area contributed by atoms with Crippen LogP contribution in [-0.2, 0) is 32.1 Å². The molecule has 2 aromatic carbocycles. The summed E-state index contributed by atoms with van der Waals surface area (Å²) in [5.41, 5.74) is 1.06. The Hall–Kier alpha value is -3.37. The molecule has 2 atom stereocenters. The van der Waals surface area contributed by atoms with Crippen molar-refractivity contribution in [3.8, 4) is 0 Å². The molecular formula is C22H18ClN3O6S. The van der Waals surface area contributed by atoms with Crippen molar-refractivity contribution < 1.29 is 24.0 Å². The monoisotopic (exact) mass is 487 g/mol. The molecule has 1 N–H and O–H groups in total. The molecule has 33 heavy (non-hydrogen) atoms. The van der Waals surface area contributed by atoms with Crippen molar-refractivity contribution >= 4 is 46.8 Å². The molecule has 170 valence electrons. The molecule has 11 heteroatoms. The van der Waals surface area contributed by atoms with Gasteiger partial charge in [0.1, 0.15) is 23.7 Å². The van der Waals surface area contributed by atoms with Crippen molar-refractivity contribution in [2.24, 2.45) is 0 Å². The molecule has 1 saturated heterocycles. The van der Waals surface area contributed by atoms with Crippen LogP contribution >= 0.6 is 23.4 Å². The molecular weight excluding hydrogens is 470 g/mol. The summed E-state index contributed by atoms with van der Waals surface area (Å²) in [6.45, 7) is -0.217. The van der Waals surface area contributed by atoms with Crippen LogP contribution in [0.25, 0.3) is 0 Å². The molecule has 0 saturated carbocycles. The van der Waals surface area contributed by atoms with E-state index in [1.807, 2.05) is 30.3 Å². The number of non-ortho nitro benzene ring substituents is 1. The van der Waals surface area contributed by atoms with E-state index in [2.05, 4.69) is 5.32 Å². The number of nitro benzene ring substituents is 1. The van der Waals surface area contributed by atoms with Crippen molar-refractivity contribution in [3.05, 3.63) is 86.6 Å². The lowest BCUT2D eigenvalue weighted by Gasteiger charge is -2.49. The van der Waals surface area contributed by atoms with Crippen molar-refractivity contribution in [2.45, 2.75) is 24.4 Å². The third-order valence-corrected chi connectivity index (χ3v) is 6.88. The number of thioether (sulfide) groups is 1. The van der Waals surface area contributed by atoms with E-state index in [0.717, 1.165) is 5.56 Å². The molecule has 2 aromatic rings. The van der Waals surface area contributed by atoms with Gasteiger partial charge in [0.15, 0.2) is 0 Å². The Labute approximate surface area is 197 Å². The van der Waals surface area contributed by atoms with Gasteiger partial charge in [-0.3, -0.25) is 24.6 Å². The van der Waals surface area contributed by atoms with Gasteiger partial charge in [0.05, 0.1) is 16.4 Å². The molecule has 0 radical (unpaired) electrons. The number of nitrogens with one attached hydrogen (secondary N) is 1. The van der Waals surface area contributed by atoms with Gasteiger partial charge in [0.2, 0.25) is 5.91 Å². The maximum Gasteiger partial charge on any atom is 0.356 e. The number of hydrogen-bond acceptors (Lipinski definition) is 7. The summed E-state index contributed by atoms with van der Waals surface area (Å²) in [7, 11) is 0. The second-order valence-corrected chi connectivity index (χ2v) is 8.94. The van der Waals surface area contributed by atoms with Gasteiger partial charge in [-0.25, -0.2) is 4.79 Å². The van der Waals surface area contributed by atoms with E-state index in [9.17, 15) is 24.5 Å². The number of carbonyl (C=O) groups is 3. The molecule has 9 nitrogen and oxygen atoms in total.